The smallest absolute Gasteiger partial charge is 0.279 e. The Morgan fingerprint density at radius 3 is 2.23 bits per heavy atom. The Morgan fingerprint density at radius 1 is 1.00 bits per heavy atom. The van der Waals surface area contributed by atoms with Gasteiger partial charge in [0.1, 0.15) is 11.5 Å². The predicted molar refractivity (Wildman–Crippen MR) is 120 cm³/mol. The second kappa shape index (κ2) is 10.7. The van der Waals surface area contributed by atoms with E-state index >= 15 is 0 Å². The maximum absolute atomic E-state index is 12.8. The third-order valence-corrected chi connectivity index (χ3v) is 5.53. The van der Waals surface area contributed by atoms with Gasteiger partial charge in [0.25, 0.3) is 11.8 Å². The molecule has 1 saturated heterocycles. The van der Waals surface area contributed by atoms with Gasteiger partial charge < -0.3 is 29.9 Å². The topological polar surface area (TPSA) is 86.5 Å². The van der Waals surface area contributed by atoms with Gasteiger partial charge in [-0.3, -0.25) is 9.59 Å². The molecule has 0 spiro atoms. The number of piperazine rings is 1. The van der Waals surface area contributed by atoms with Gasteiger partial charge in [0, 0.05) is 37.6 Å². The minimum Gasteiger partial charge on any atom is -0.508 e. The lowest BCUT2D eigenvalue weighted by molar-refractivity contribution is -0.882. The zero-order chi connectivity index (χ0) is 22.2. The fourth-order valence-corrected chi connectivity index (χ4v) is 3.62. The zero-order valence-electron chi connectivity index (χ0n) is 18.1. The number of phenolic OH excluding ortho intramolecular Hbond substituents is 1. The fraction of sp³-hybridized carbons (Fsp3) is 0.391. The highest BCUT2D eigenvalue weighted by Crippen LogP contribution is 2.19. The first-order chi connectivity index (χ1) is 15.0. The van der Waals surface area contributed by atoms with Crippen LogP contribution in [-0.2, 0) is 9.59 Å². The van der Waals surface area contributed by atoms with Crippen LogP contribution in [-0.4, -0.2) is 74.7 Å². The first-order valence-electron chi connectivity index (χ1n) is 10.6. The molecule has 8 nitrogen and oxygen atoms in total. The normalized spacial score (nSPS) is 14.8. The third-order valence-electron chi connectivity index (χ3n) is 5.53. The van der Waals surface area contributed by atoms with Crippen LogP contribution in [0.3, 0.4) is 0 Å². The van der Waals surface area contributed by atoms with Crippen LogP contribution < -0.4 is 19.9 Å². The van der Waals surface area contributed by atoms with Crippen LogP contribution in [0.4, 0.5) is 11.4 Å². The highest BCUT2D eigenvalue weighted by Gasteiger charge is 2.25. The number of hydrogen-bond donors (Lipinski definition) is 3. The Morgan fingerprint density at radius 2 is 1.65 bits per heavy atom. The van der Waals surface area contributed by atoms with Crippen molar-refractivity contribution in [1.29, 1.82) is 0 Å². The van der Waals surface area contributed by atoms with Crippen molar-refractivity contribution in [2.45, 2.75) is 6.92 Å². The molecule has 1 atom stereocenters. The molecule has 3 rings (SSSR count). The first kappa shape index (κ1) is 22.4. The van der Waals surface area contributed by atoms with Crippen LogP contribution in [0.15, 0.2) is 48.5 Å². The molecule has 1 aliphatic rings. The van der Waals surface area contributed by atoms with Crippen LogP contribution in [0.25, 0.3) is 0 Å². The minimum absolute atomic E-state index is 0.0689. The van der Waals surface area contributed by atoms with Crippen LogP contribution in [0.5, 0.6) is 11.5 Å². The average Bonchev–Trinajstić information content (AvgIpc) is 2.79. The second-order valence-corrected chi connectivity index (χ2v) is 7.62. The highest BCUT2D eigenvalue weighted by molar-refractivity contribution is 5.91. The summed E-state index contributed by atoms with van der Waals surface area (Å²) >= 11 is 0. The van der Waals surface area contributed by atoms with Crippen molar-refractivity contribution in [3.05, 3.63) is 48.5 Å². The van der Waals surface area contributed by atoms with Crippen LogP contribution >= 0.6 is 0 Å². The Kier molecular flexibility index (Phi) is 7.72. The lowest BCUT2D eigenvalue weighted by Gasteiger charge is -2.36. The van der Waals surface area contributed by atoms with E-state index in [1.807, 2.05) is 24.0 Å². The van der Waals surface area contributed by atoms with Gasteiger partial charge in [-0.15, -0.1) is 0 Å². The van der Waals surface area contributed by atoms with Crippen LogP contribution in [0.1, 0.15) is 6.92 Å². The summed E-state index contributed by atoms with van der Waals surface area (Å²) in [6, 6.07) is 14.3. The molecule has 0 aromatic heterocycles. The molecule has 3 N–H and O–H groups in total. The molecule has 0 bridgehead atoms. The lowest BCUT2D eigenvalue weighted by Crippen LogP contribution is -3.14. The number of benzene rings is 2. The van der Waals surface area contributed by atoms with E-state index in [0.29, 0.717) is 31.9 Å². The summed E-state index contributed by atoms with van der Waals surface area (Å²) in [6.45, 7) is 5.99. The van der Waals surface area contributed by atoms with Gasteiger partial charge in [0.2, 0.25) is 0 Å². The zero-order valence-corrected chi connectivity index (χ0v) is 18.1. The number of aromatic hydroxyl groups is 1. The molecule has 1 fully saturated rings. The second-order valence-electron chi connectivity index (χ2n) is 7.62. The SMILES string of the molecule is CC[NH+](CC(=O)Nc1ccc(OC)cc1)CC(=O)N1CCN(c2ccc(O)cc2)CC1. The maximum Gasteiger partial charge on any atom is 0.279 e. The molecule has 2 aromatic carbocycles. The minimum atomic E-state index is -0.119. The van der Waals surface area contributed by atoms with Gasteiger partial charge in [-0.1, -0.05) is 0 Å². The largest absolute Gasteiger partial charge is 0.508 e. The van der Waals surface area contributed by atoms with Gasteiger partial charge in [-0.2, -0.15) is 0 Å². The highest BCUT2D eigenvalue weighted by atomic mass is 16.5. The molecular formula is C23H31N4O4+. The molecule has 0 radical (unpaired) electrons. The van der Waals surface area contributed by atoms with E-state index < -0.39 is 0 Å². The molecule has 8 heteroatoms. The fourth-order valence-electron chi connectivity index (χ4n) is 3.62. The predicted octanol–water partition coefficient (Wildman–Crippen LogP) is 0.593. The van der Waals surface area contributed by atoms with E-state index in [0.717, 1.165) is 29.4 Å². The van der Waals surface area contributed by atoms with E-state index in [1.54, 1.807) is 43.5 Å². The van der Waals surface area contributed by atoms with Crippen molar-refractivity contribution in [2.24, 2.45) is 0 Å². The van der Waals surface area contributed by atoms with E-state index in [1.165, 1.54) is 0 Å². The Labute approximate surface area is 183 Å². The van der Waals surface area contributed by atoms with Gasteiger partial charge in [0.05, 0.1) is 13.7 Å². The monoisotopic (exact) mass is 427 g/mol. The van der Waals surface area contributed by atoms with Crippen molar-refractivity contribution < 1.29 is 24.3 Å². The number of amides is 2. The summed E-state index contributed by atoms with van der Waals surface area (Å²) in [5, 5.41) is 12.3. The average molecular weight is 428 g/mol. The van der Waals surface area contributed by atoms with Gasteiger partial charge in [0.15, 0.2) is 13.1 Å². The number of anilines is 2. The van der Waals surface area contributed by atoms with E-state index in [2.05, 4.69) is 10.2 Å². The van der Waals surface area contributed by atoms with Gasteiger partial charge in [-0.25, -0.2) is 0 Å². The maximum atomic E-state index is 12.8. The summed E-state index contributed by atoms with van der Waals surface area (Å²) in [7, 11) is 1.60. The number of nitrogens with one attached hydrogen (secondary N) is 2. The number of phenols is 1. The number of methoxy groups -OCH3 is 1. The molecule has 1 heterocycles. The van der Waals surface area contributed by atoms with Crippen molar-refractivity contribution in [3.8, 4) is 11.5 Å². The van der Waals surface area contributed by atoms with E-state index in [4.69, 9.17) is 4.74 Å². The van der Waals surface area contributed by atoms with E-state index in [9.17, 15) is 14.7 Å². The number of nitrogens with zero attached hydrogens (tertiary/aromatic N) is 2. The van der Waals surface area contributed by atoms with Crippen molar-refractivity contribution in [1.82, 2.24) is 4.90 Å². The van der Waals surface area contributed by atoms with Crippen LogP contribution in [0.2, 0.25) is 0 Å². The molecule has 1 unspecified atom stereocenters. The molecule has 2 amide bonds. The van der Waals surface area contributed by atoms with Crippen LogP contribution in [0, 0.1) is 0 Å². The summed E-state index contributed by atoms with van der Waals surface area (Å²) < 4.78 is 5.12. The standard InChI is InChI=1S/C23H30N4O4/c1-3-25(16-22(29)24-18-4-10-21(31-2)11-5-18)17-23(30)27-14-12-26(13-15-27)19-6-8-20(28)9-7-19/h4-11,28H,3,12-17H2,1-2H3,(H,24,29)/p+1. The first-order valence-corrected chi connectivity index (χ1v) is 10.6. The quantitative estimate of drug-likeness (QED) is 0.574. The molecule has 31 heavy (non-hydrogen) atoms. The van der Waals surface area contributed by atoms with Crippen molar-refractivity contribution in [3.63, 3.8) is 0 Å². The van der Waals surface area contributed by atoms with Gasteiger partial charge >= 0.3 is 0 Å². The molecule has 0 saturated carbocycles. The summed E-state index contributed by atoms with van der Waals surface area (Å²) in [5.74, 6) is 0.928. The summed E-state index contributed by atoms with van der Waals surface area (Å²) in [4.78, 5) is 30.2. The Bertz CT molecular complexity index is 862. The Balaban J connectivity index is 1.45. The molecule has 1 aliphatic heterocycles. The number of carbonyl (C=O) groups is 2. The molecular weight excluding hydrogens is 396 g/mol. The molecule has 166 valence electrons. The summed E-state index contributed by atoms with van der Waals surface area (Å²) in [6.07, 6.45) is 0. The lowest BCUT2D eigenvalue weighted by atomic mass is 10.2. The summed E-state index contributed by atoms with van der Waals surface area (Å²) in [5.41, 5.74) is 1.75. The third kappa shape index (κ3) is 6.36. The Hall–Kier alpha value is -3.26. The molecule has 2 aromatic rings. The van der Waals surface area contributed by atoms with Crippen molar-refractivity contribution >= 4 is 23.2 Å². The number of ether oxygens (including phenoxy) is 1. The number of likely N-dealkylation sites (N-methyl/N-ethyl adjacent to an activating group) is 1. The number of carbonyl (C=O) groups excluding carboxylic acids is 2. The number of hydrogen-bond acceptors (Lipinski definition) is 5. The van der Waals surface area contributed by atoms with Crippen molar-refractivity contribution in [2.75, 3.05) is 63.1 Å². The number of quaternary nitrogens is 1. The molecule has 0 aliphatic carbocycles. The van der Waals surface area contributed by atoms with E-state index in [-0.39, 0.29) is 24.1 Å². The van der Waals surface area contributed by atoms with Gasteiger partial charge in [-0.05, 0) is 55.5 Å². The number of rotatable bonds is 8.